The highest BCUT2D eigenvalue weighted by Gasteiger charge is 2.13. The summed E-state index contributed by atoms with van der Waals surface area (Å²) in [6.07, 6.45) is 1.13. The molecule has 0 amide bonds. The van der Waals surface area contributed by atoms with Crippen LogP contribution in [0.1, 0.15) is 24.3 Å². The number of hydrogen-bond donors (Lipinski definition) is 1. The largest absolute Gasteiger partial charge is 0.319 e. The van der Waals surface area contributed by atoms with Crippen LogP contribution in [0.25, 0.3) is 11.3 Å². The smallest absolute Gasteiger partial charge is 0.0976 e. The molecule has 0 aliphatic carbocycles. The number of rotatable bonds is 5. The normalized spacial score (nSPS) is 12.6. The first-order valence-corrected chi connectivity index (χ1v) is 6.88. The summed E-state index contributed by atoms with van der Waals surface area (Å²) in [6.45, 7) is 3.21. The summed E-state index contributed by atoms with van der Waals surface area (Å²) in [5.74, 6) is 0.530. The molecule has 1 unspecified atom stereocenters. The third-order valence-electron chi connectivity index (χ3n) is 2.88. The lowest BCUT2D eigenvalue weighted by molar-refractivity contribution is 0.609. The highest BCUT2D eigenvalue weighted by Crippen LogP contribution is 2.27. The van der Waals surface area contributed by atoms with Gasteiger partial charge < -0.3 is 5.32 Å². The van der Waals surface area contributed by atoms with Crippen molar-refractivity contribution in [1.29, 1.82) is 0 Å². The van der Waals surface area contributed by atoms with Gasteiger partial charge >= 0.3 is 0 Å². The predicted octanol–water partition coefficient (Wildman–Crippen LogP) is 3.52. The second-order valence-electron chi connectivity index (χ2n) is 4.10. The van der Waals surface area contributed by atoms with Crippen LogP contribution in [0.3, 0.4) is 0 Å². The Labute approximate surface area is 107 Å². The molecule has 0 aliphatic heterocycles. The fourth-order valence-corrected chi connectivity index (χ4v) is 2.88. The average Bonchev–Trinajstić information content (AvgIpc) is 2.86. The first kappa shape index (κ1) is 12.3. The second-order valence-corrected chi connectivity index (χ2v) is 4.99. The molecule has 1 atom stereocenters. The molecule has 1 heterocycles. The minimum Gasteiger partial charge on any atom is -0.319 e. The molecular weight excluding hydrogens is 228 g/mol. The third-order valence-corrected chi connectivity index (χ3v) is 3.89. The van der Waals surface area contributed by atoms with E-state index in [9.17, 15) is 0 Å². The Balaban J connectivity index is 2.21. The number of benzene rings is 1. The Hall–Kier alpha value is -1.19. The van der Waals surface area contributed by atoms with E-state index >= 15 is 0 Å². The summed E-state index contributed by atoms with van der Waals surface area (Å²) in [6, 6.07) is 10.4. The lowest BCUT2D eigenvalue weighted by Gasteiger charge is -2.10. The van der Waals surface area contributed by atoms with Gasteiger partial charge in [-0.25, -0.2) is 4.98 Å². The number of nitrogens with one attached hydrogen (secondary N) is 1. The summed E-state index contributed by atoms with van der Waals surface area (Å²) in [7, 11) is 1.99. The van der Waals surface area contributed by atoms with Gasteiger partial charge in [-0.05, 0) is 13.5 Å². The van der Waals surface area contributed by atoms with E-state index in [1.807, 2.05) is 13.1 Å². The van der Waals surface area contributed by atoms with Crippen LogP contribution in [0.4, 0.5) is 0 Å². The van der Waals surface area contributed by atoms with Crippen molar-refractivity contribution in [2.45, 2.75) is 19.3 Å². The Bertz CT molecular complexity index is 450. The van der Waals surface area contributed by atoms with Crippen LogP contribution in [0.5, 0.6) is 0 Å². The molecule has 0 radical (unpaired) electrons. The minimum absolute atomic E-state index is 0.530. The van der Waals surface area contributed by atoms with Gasteiger partial charge in [-0.15, -0.1) is 11.3 Å². The highest BCUT2D eigenvalue weighted by molar-refractivity contribution is 7.10. The number of nitrogens with zero attached hydrogens (tertiary/aromatic N) is 1. The first-order valence-electron chi connectivity index (χ1n) is 6.00. The molecular formula is C14H18N2S. The van der Waals surface area contributed by atoms with E-state index < -0.39 is 0 Å². The molecule has 1 N–H and O–H groups in total. The third kappa shape index (κ3) is 2.93. The SMILES string of the molecule is CCC(CNC)c1nc(-c2ccccc2)cs1. The molecule has 0 fully saturated rings. The topological polar surface area (TPSA) is 24.9 Å². The summed E-state index contributed by atoms with van der Waals surface area (Å²) < 4.78 is 0. The van der Waals surface area contributed by atoms with Gasteiger partial charge in [-0.3, -0.25) is 0 Å². The molecule has 2 rings (SSSR count). The summed E-state index contributed by atoms with van der Waals surface area (Å²) in [5, 5.41) is 6.63. The van der Waals surface area contributed by atoms with Gasteiger partial charge in [0.25, 0.3) is 0 Å². The van der Waals surface area contributed by atoms with Crippen molar-refractivity contribution in [3.8, 4) is 11.3 Å². The van der Waals surface area contributed by atoms with E-state index in [-0.39, 0.29) is 0 Å². The van der Waals surface area contributed by atoms with Crippen LogP contribution in [-0.2, 0) is 0 Å². The van der Waals surface area contributed by atoms with Crippen LogP contribution in [0.15, 0.2) is 35.7 Å². The Kier molecular flexibility index (Phi) is 4.29. The molecule has 3 heteroatoms. The molecule has 17 heavy (non-hydrogen) atoms. The van der Waals surface area contributed by atoms with E-state index in [4.69, 9.17) is 4.98 Å². The van der Waals surface area contributed by atoms with E-state index in [2.05, 4.69) is 41.9 Å². The maximum Gasteiger partial charge on any atom is 0.0976 e. The molecule has 0 bridgehead atoms. The molecule has 1 aromatic carbocycles. The summed E-state index contributed by atoms with van der Waals surface area (Å²) >= 11 is 1.77. The molecule has 0 saturated heterocycles. The van der Waals surface area contributed by atoms with Crippen LogP contribution < -0.4 is 5.32 Å². The van der Waals surface area contributed by atoms with E-state index in [1.165, 1.54) is 10.6 Å². The summed E-state index contributed by atoms with van der Waals surface area (Å²) in [5.41, 5.74) is 2.30. The molecule has 0 saturated carbocycles. The first-order chi connectivity index (χ1) is 8.35. The zero-order valence-electron chi connectivity index (χ0n) is 10.3. The Morgan fingerprint density at radius 2 is 2.06 bits per heavy atom. The Morgan fingerprint density at radius 1 is 1.29 bits per heavy atom. The van der Waals surface area contributed by atoms with E-state index in [1.54, 1.807) is 11.3 Å². The van der Waals surface area contributed by atoms with Crippen LogP contribution >= 0.6 is 11.3 Å². The molecule has 0 aliphatic rings. The monoisotopic (exact) mass is 246 g/mol. The van der Waals surface area contributed by atoms with E-state index in [0.717, 1.165) is 18.7 Å². The van der Waals surface area contributed by atoms with Gasteiger partial charge in [0.15, 0.2) is 0 Å². The van der Waals surface area contributed by atoms with Gasteiger partial charge in [0.05, 0.1) is 10.7 Å². The van der Waals surface area contributed by atoms with Crippen molar-refractivity contribution in [3.63, 3.8) is 0 Å². The molecule has 0 spiro atoms. The van der Waals surface area contributed by atoms with Crippen molar-refractivity contribution in [3.05, 3.63) is 40.7 Å². The second kappa shape index (κ2) is 5.94. The van der Waals surface area contributed by atoms with Crippen LogP contribution in [0.2, 0.25) is 0 Å². The van der Waals surface area contributed by atoms with Gasteiger partial charge in [0, 0.05) is 23.4 Å². The quantitative estimate of drug-likeness (QED) is 0.873. The summed E-state index contributed by atoms with van der Waals surface area (Å²) in [4.78, 5) is 4.75. The molecule has 2 nitrogen and oxygen atoms in total. The molecule has 1 aromatic heterocycles. The van der Waals surface area contributed by atoms with Crippen LogP contribution in [-0.4, -0.2) is 18.6 Å². The fourth-order valence-electron chi connectivity index (χ4n) is 1.87. The van der Waals surface area contributed by atoms with Crippen molar-refractivity contribution < 1.29 is 0 Å². The highest BCUT2D eigenvalue weighted by atomic mass is 32.1. The Morgan fingerprint density at radius 3 is 2.71 bits per heavy atom. The maximum atomic E-state index is 4.75. The van der Waals surface area contributed by atoms with Gasteiger partial charge in [-0.1, -0.05) is 37.3 Å². The predicted molar refractivity (Wildman–Crippen MR) is 74.5 cm³/mol. The maximum absolute atomic E-state index is 4.75. The minimum atomic E-state index is 0.530. The molecule has 90 valence electrons. The van der Waals surface area contributed by atoms with Crippen molar-refractivity contribution in [2.24, 2.45) is 0 Å². The lowest BCUT2D eigenvalue weighted by Crippen LogP contribution is -2.16. The number of thiazole rings is 1. The standard InChI is InChI=1S/C14H18N2S/c1-3-11(9-15-2)14-16-13(10-17-14)12-7-5-4-6-8-12/h4-8,10-11,15H,3,9H2,1-2H3. The van der Waals surface area contributed by atoms with Gasteiger partial charge in [0.2, 0.25) is 0 Å². The fraction of sp³-hybridized carbons (Fsp3) is 0.357. The zero-order chi connectivity index (χ0) is 12.1. The number of likely N-dealkylation sites (N-methyl/N-ethyl adjacent to an activating group) is 1. The van der Waals surface area contributed by atoms with Crippen molar-refractivity contribution in [2.75, 3.05) is 13.6 Å². The van der Waals surface area contributed by atoms with Gasteiger partial charge in [-0.2, -0.15) is 0 Å². The van der Waals surface area contributed by atoms with E-state index in [0.29, 0.717) is 5.92 Å². The zero-order valence-corrected chi connectivity index (χ0v) is 11.1. The van der Waals surface area contributed by atoms with Crippen molar-refractivity contribution in [1.82, 2.24) is 10.3 Å². The number of aromatic nitrogens is 1. The number of hydrogen-bond acceptors (Lipinski definition) is 3. The molecule has 2 aromatic rings. The van der Waals surface area contributed by atoms with Gasteiger partial charge in [0.1, 0.15) is 0 Å². The van der Waals surface area contributed by atoms with Crippen molar-refractivity contribution >= 4 is 11.3 Å². The average molecular weight is 246 g/mol. The lowest BCUT2D eigenvalue weighted by atomic mass is 10.1. The van der Waals surface area contributed by atoms with Crippen LogP contribution in [0, 0.1) is 0 Å².